The van der Waals surface area contributed by atoms with Crippen LogP contribution >= 0.6 is 11.8 Å². The number of thioether (sulfide) groups is 1. The third-order valence-corrected chi connectivity index (χ3v) is 2.80. The number of amidine groups is 1. The first-order valence-corrected chi connectivity index (χ1v) is 6.28. The summed E-state index contributed by atoms with van der Waals surface area (Å²) in [6, 6.07) is 7.86. The van der Waals surface area contributed by atoms with Crippen molar-refractivity contribution >= 4 is 22.6 Å². The minimum atomic E-state index is -0.349. The molecule has 0 heterocycles. The zero-order valence-electron chi connectivity index (χ0n) is 10.0. The molecule has 0 fully saturated rings. The first-order chi connectivity index (χ1) is 7.43. The third-order valence-electron chi connectivity index (χ3n) is 2.12. The average molecular weight is 237 g/mol. The highest BCUT2D eigenvalue weighted by atomic mass is 32.2. The monoisotopic (exact) mass is 237 g/mol. The van der Waals surface area contributed by atoms with Gasteiger partial charge in [0.25, 0.3) is 0 Å². The van der Waals surface area contributed by atoms with Crippen molar-refractivity contribution in [2.24, 2.45) is 16.5 Å². The van der Waals surface area contributed by atoms with Gasteiger partial charge in [0, 0.05) is 5.54 Å². The second kappa shape index (κ2) is 5.37. The zero-order chi connectivity index (χ0) is 12.2. The summed E-state index contributed by atoms with van der Waals surface area (Å²) in [5, 5.41) is 0.592. The van der Waals surface area contributed by atoms with Crippen molar-refractivity contribution in [3.63, 3.8) is 0 Å². The lowest BCUT2D eigenvalue weighted by Gasteiger charge is -2.19. The van der Waals surface area contributed by atoms with E-state index in [2.05, 4.69) is 4.99 Å². The van der Waals surface area contributed by atoms with Crippen molar-refractivity contribution in [2.45, 2.75) is 26.3 Å². The molecule has 0 aliphatic heterocycles. The number of nitrogens with two attached hydrogens (primary N) is 2. The standard InChI is InChI=1S/C12H19N3S/c1-4-16-11(13)15-10-7-5-6-9(8-10)12(2,3)14/h5-8H,4,14H2,1-3H3,(H2,13,15). The van der Waals surface area contributed by atoms with Crippen LogP contribution in [0.15, 0.2) is 29.3 Å². The fourth-order valence-corrected chi connectivity index (χ4v) is 1.75. The van der Waals surface area contributed by atoms with E-state index in [1.807, 2.05) is 45.0 Å². The highest BCUT2D eigenvalue weighted by Gasteiger charge is 2.13. The Balaban J connectivity index is 2.95. The van der Waals surface area contributed by atoms with Gasteiger partial charge in [0.2, 0.25) is 0 Å². The molecule has 3 nitrogen and oxygen atoms in total. The molecule has 16 heavy (non-hydrogen) atoms. The molecule has 1 aromatic rings. The summed E-state index contributed by atoms with van der Waals surface area (Å²) in [7, 11) is 0. The molecule has 0 saturated heterocycles. The predicted octanol–water partition coefficient (Wildman–Crippen LogP) is 2.58. The fraction of sp³-hybridized carbons (Fsp3) is 0.417. The molecule has 0 aromatic heterocycles. The van der Waals surface area contributed by atoms with E-state index in [0.29, 0.717) is 5.17 Å². The fourth-order valence-electron chi connectivity index (χ4n) is 1.28. The van der Waals surface area contributed by atoms with Gasteiger partial charge in [-0.1, -0.05) is 30.8 Å². The second-order valence-corrected chi connectivity index (χ2v) is 5.44. The summed E-state index contributed by atoms with van der Waals surface area (Å²) < 4.78 is 0. The van der Waals surface area contributed by atoms with Gasteiger partial charge in [-0.2, -0.15) is 0 Å². The van der Waals surface area contributed by atoms with E-state index in [0.717, 1.165) is 17.0 Å². The van der Waals surface area contributed by atoms with Gasteiger partial charge in [0.1, 0.15) is 0 Å². The maximum atomic E-state index is 6.03. The molecule has 4 heteroatoms. The molecule has 0 aliphatic carbocycles. The van der Waals surface area contributed by atoms with Gasteiger partial charge < -0.3 is 11.5 Å². The number of benzene rings is 1. The van der Waals surface area contributed by atoms with Crippen LogP contribution in [0, 0.1) is 0 Å². The van der Waals surface area contributed by atoms with Gasteiger partial charge in [-0.05, 0) is 37.3 Å². The summed E-state index contributed by atoms with van der Waals surface area (Å²) in [5.41, 5.74) is 13.4. The summed E-state index contributed by atoms with van der Waals surface area (Å²) in [6.45, 7) is 5.99. The summed E-state index contributed by atoms with van der Waals surface area (Å²) in [5.74, 6) is 0.928. The van der Waals surface area contributed by atoms with E-state index < -0.39 is 0 Å². The van der Waals surface area contributed by atoms with Gasteiger partial charge in [-0.25, -0.2) is 4.99 Å². The first-order valence-electron chi connectivity index (χ1n) is 5.30. The van der Waals surface area contributed by atoms with Gasteiger partial charge >= 0.3 is 0 Å². The average Bonchev–Trinajstić information content (AvgIpc) is 2.17. The normalized spacial score (nSPS) is 12.9. The first kappa shape index (κ1) is 13.1. The van der Waals surface area contributed by atoms with Gasteiger partial charge in [0.15, 0.2) is 5.17 Å². The minimum Gasteiger partial charge on any atom is -0.378 e. The highest BCUT2D eigenvalue weighted by molar-refractivity contribution is 8.13. The Kier molecular flexibility index (Phi) is 4.38. The summed E-state index contributed by atoms with van der Waals surface area (Å²) in [6.07, 6.45) is 0. The van der Waals surface area contributed by atoms with Crippen LogP contribution in [0.2, 0.25) is 0 Å². The molecular weight excluding hydrogens is 218 g/mol. The third kappa shape index (κ3) is 3.87. The Hall–Kier alpha value is -1.00. The zero-order valence-corrected chi connectivity index (χ0v) is 10.8. The Morgan fingerprint density at radius 3 is 2.69 bits per heavy atom. The topological polar surface area (TPSA) is 64.4 Å². The maximum Gasteiger partial charge on any atom is 0.159 e. The highest BCUT2D eigenvalue weighted by Crippen LogP contribution is 2.22. The number of nitrogens with zero attached hydrogens (tertiary/aromatic N) is 1. The van der Waals surface area contributed by atoms with Gasteiger partial charge in [0.05, 0.1) is 5.69 Å². The number of rotatable bonds is 3. The largest absolute Gasteiger partial charge is 0.378 e. The molecule has 0 aliphatic rings. The van der Waals surface area contributed by atoms with E-state index in [1.54, 1.807) is 0 Å². The van der Waals surface area contributed by atoms with Crippen molar-refractivity contribution in [1.82, 2.24) is 0 Å². The maximum absolute atomic E-state index is 6.03. The minimum absolute atomic E-state index is 0.349. The van der Waals surface area contributed by atoms with Crippen LogP contribution in [0.3, 0.4) is 0 Å². The van der Waals surface area contributed by atoms with Crippen LogP contribution in [0.5, 0.6) is 0 Å². The van der Waals surface area contributed by atoms with Gasteiger partial charge in [-0.3, -0.25) is 0 Å². The SMILES string of the molecule is CCSC(N)=Nc1cccc(C(C)(C)N)c1. The number of hydrogen-bond donors (Lipinski definition) is 2. The number of hydrogen-bond acceptors (Lipinski definition) is 3. The van der Waals surface area contributed by atoms with Crippen molar-refractivity contribution in [1.29, 1.82) is 0 Å². The van der Waals surface area contributed by atoms with Crippen LogP contribution in [0.1, 0.15) is 26.3 Å². The Bertz CT molecular complexity index is 380. The molecule has 0 atom stereocenters. The Labute approximate surface area is 101 Å². The smallest absolute Gasteiger partial charge is 0.159 e. The Morgan fingerprint density at radius 2 is 2.12 bits per heavy atom. The molecule has 1 rings (SSSR count). The molecule has 88 valence electrons. The lowest BCUT2D eigenvalue weighted by molar-refractivity contribution is 0.554. The van der Waals surface area contributed by atoms with Crippen LogP contribution in [-0.2, 0) is 5.54 Å². The second-order valence-electron chi connectivity index (χ2n) is 4.16. The van der Waals surface area contributed by atoms with Crippen molar-refractivity contribution in [2.75, 3.05) is 5.75 Å². The lowest BCUT2D eigenvalue weighted by Crippen LogP contribution is -2.28. The molecule has 0 unspecified atom stereocenters. The molecule has 0 saturated carbocycles. The quantitative estimate of drug-likeness (QED) is 0.627. The van der Waals surface area contributed by atoms with E-state index in [9.17, 15) is 0 Å². The summed E-state index contributed by atoms with van der Waals surface area (Å²) in [4.78, 5) is 4.32. The van der Waals surface area contributed by atoms with Crippen LogP contribution in [0.4, 0.5) is 5.69 Å². The van der Waals surface area contributed by atoms with Crippen LogP contribution in [-0.4, -0.2) is 10.9 Å². The molecule has 0 radical (unpaired) electrons. The van der Waals surface area contributed by atoms with E-state index >= 15 is 0 Å². The Morgan fingerprint density at radius 1 is 1.44 bits per heavy atom. The van der Waals surface area contributed by atoms with Crippen molar-refractivity contribution in [3.05, 3.63) is 29.8 Å². The van der Waals surface area contributed by atoms with E-state index in [-0.39, 0.29) is 5.54 Å². The molecule has 1 aromatic carbocycles. The molecule has 0 bridgehead atoms. The molecular formula is C12H19N3S. The van der Waals surface area contributed by atoms with Crippen molar-refractivity contribution < 1.29 is 0 Å². The predicted molar refractivity (Wildman–Crippen MR) is 73.1 cm³/mol. The van der Waals surface area contributed by atoms with Crippen molar-refractivity contribution in [3.8, 4) is 0 Å². The van der Waals surface area contributed by atoms with Gasteiger partial charge in [-0.15, -0.1) is 0 Å². The number of aliphatic imine (C=N–C) groups is 1. The molecule has 0 amide bonds. The molecule has 0 spiro atoms. The van der Waals surface area contributed by atoms with Crippen LogP contribution < -0.4 is 11.5 Å². The van der Waals surface area contributed by atoms with Crippen LogP contribution in [0.25, 0.3) is 0 Å². The lowest BCUT2D eigenvalue weighted by atomic mass is 9.95. The van der Waals surface area contributed by atoms with E-state index in [1.165, 1.54) is 11.8 Å². The van der Waals surface area contributed by atoms with E-state index in [4.69, 9.17) is 11.5 Å². The molecule has 4 N–H and O–H groups in total. The summed E-state index contributed by atoms with van der Waals surface area (Å²) >= 11 is 1.54.